The van der Waals surface area contributed by atoms with Gasteiger partial charge < -0.3 is 14.4 Å². The summed E-state index contributed by atoms with van der Waals surface area (Å²) >= 11 is 0. The van der Waals surface area contributed by atoms with Gasteiger partial charge in [-0.15, -0.1) is 0 Å². The third-order valence-corrected chi connectivity index (χ3v) is 6.24. The number of anilines is 2. The molecule has 2 aromatic rings. The van der Waals surface area contributed by atoms with Crippen LogP contribution in [0.5, 0.6) is 11.5 Å². The number of hydrogen-bond donors (Lipinski definition) is 0. The van der Waals surface area contributed by atoms with Gasteiger partial charge in [-0.2, -0.15) is 0 Å². The molecule has 1 atom stereocenters. The molecule has 148 valence electrons. The number of hydrogen-bond acceptors (Lipinski definition) is 5. The van der Waals surface area contributed by atoms with Gasteiger partial charge in [0.25, 0.3) is 5.91 Å². The molecule has 0 spiro atoms. The van der Waals surface area contributed by atoms with E-state index in [1.807, 2.05) is 24.3 Å². The predicted octanol–water partition coefficient (Wildman–Crippen LogP) is 2.20. The van der Waals surface area contributed by atoms with Gasteiger partial charge in [-0.05, 0) is 37.1 Å². The first-order valence-corrected chi connectivity index (χ1v) is 11.0. The lowest BCUT2D eigenvalue weighted by molar-refractivity contribution is -0.119. The highest BCUT2D eigenvalue weighted by Gasteiger charge is 2.35. The SMILES string of the molecule is C[C@H](C(=O)N1CCc2ccccc21)N(c1ccc2c(c1)OCCO2)S(C)(=O)=O. The Morgan fingerprint density at radius 3 is 2.57 bits per heavy atom. The van der Waals surface area contributed by atoms with Gasteiger partial charge in [0.15, 0.2) is 11.5 Å². The molecular weight excluding hydrogens is 380 g/mol. The molecular formula is C20H22N2O5S. The summed E-state index contributed by atoms with van der Waals surface area (Å²) in [6, 6.07) is 11.7. The second-order valence-electron chi connectivity index (χ2n) is 6.93. The maximum Gasteiger partial charge on any atom is 0.250 e. The van der Waals surface area contributed by atoms with E-state index in [1.54, 1.807) is 30.0 Å². The van der Waals surface area contributed by atoms with Crippen molar-refractivity contribution in [3.05, 3.63) is 48.0 Å². The number of rotatable bonds is 4. The average Bonchev–Trinajstić information content (AvgIpc) is 3.10. The van der Waals surface area contributed by atoms with E-state index in [1.165, 1.54) is 0 Å². The monoisotopic (exact) mass is 402 g/mol. The summed E-state index contributed by atoms with van der Waals surface area (Å²) in [4.78, 5) is 14.9. The first-order chi connectivity index (χ1) is 13.4. The van der Waals surface area contributed by atoms with Crippen LogP contribution in [0, 0.1) is 0 Å². The van der Waals surface area contributed by atoms with Crippen LogP contribution < -0.4 is 18.7 Å². The second-order valence-corrected chi connectivity index (χ2v) is 8.79. The van der Waals surface area contributed by atoms with E-state index < -0.39 is 16.1 Å². The molecule has 4 rings (SSSR count). The van der Waals surface area contributed by atoms with Crippen molar-refractivity contribution in [3.8, 4) is 11.5 Å². The lowest BCUT2D eigenvalue weighted by atomic mass is 10.2. The Labute approximate surface area is 164 Å². The minimum absolute atomic E-state index is 0.259. The van der Waals surface area contributed by atoms with E-state index in [-0.39, 0.29) is 5.91 Å². The van der Waals surface area contributed by atoms with Crippen LogP contribution in [0.1, 0.15) is 12.5 Å². The van der Waals surface area contributed by atoms with E-state index in [2.05, 4.69) is 0 Å². The zero-order valence-corrected chi connectivity index (χ0v) is 16.6. The number of ether oxygens (including phenoxy) is 2. The van der Waals surface area contributed by atoms with Gasteiger partial charge in [-0.1, -0.05) is 18.2 Å². The van der Waals surface area contributed by atoms with Crippen molar-refractivity contribution in [1.29, 1.82) is 0 Å². The lowest BCUT2D eigenvalue weighted by Crippen LogP contribution is -2.49. The highest BCUT2D eigenvalue weighted by molar-refractivity contribution is 7.92. The molecule has 0 bridgehead atoms. The van der Waals surface area contributed by atoms with Crippen LogP contribution in [0.3, 0.4) is 0 Å². The van der Waals surface area contributed by atoms with Crippen molar-refractivity contribution in [2.75, 3.05) is 35.2 Å². The summed E-state index contributed by atoms with van der Waals surface area (Å²) in [5, 5.41) is 0. The topological polar surface area (TPSA) is 76.2 Å². The smallest absolute Gasteiger partial charge is 0.250 e. The summed E-state index contributed by atoms with van der Waals surface area (Å²) in [6.07, 6.45) is 1.86. The number of carbonyl (C=O) groups excluding carboxylic acids is 1. The number of para-hydroxylation sites is 1. The number of amides is 1. The molecule has 2 aromatic carbocycles. The molecule has 0 aliphatic carbocycles. The van der Waals surface area contributed by atoms with Gasteiger partial charge in [0.1, 0.15) is 19.3 Å². The molecule has 2 aliphatic rings. The summed E-state index contributed by atoms with van der Waals surface area (Å²) < 4.78 is 37.4. The number of fused-ring (bicyclic) bond motifs is 2. The number of benzene rings is 2. The van der Waals surface area contributed by atoms with E-state index in [0.29, 0.717) is 36.9 Å². The van der Waals surface area contributed by atoms with Crippen molar-refractivity contribution >= 4 is 27.3 Å². The largest absolute Gasteiger partial charge is 0.486 e. The van der Waals surface area contributed by atoms with Crippen LogP contribution in [-0.2, 0) is 21.2 Å². The molecule has 2 heterocycles. The molecule has 8 heteroatoms. The van der Waals surface area contributed by atoms with Gasteiger partial charge in [-0.3, -0.25) is 9.10 Å². The first-order valence-electron chi connectivity index (χ1n) is 9.14. The van der Waals surface area contributed by atoms with Gasteiger partial charge in [-0.25, -0.2) is 8.42 Å². The van der Waals surface area contributed by atoms with Crippen LogP contribution in [0.15, 0.2) is 42.5 Å². The van der Waals surface area contributed by atoms with Crippen LogP contribution in [0.4, 0.5) is 11.4 Å². The van der Waals surface area contributed by atoms with Crippen molar-refractivity contribution in [2.24, 2.45) is 0 Å². The van der Waals surface area contributed by atoms with Crippen molar-refractivity contribution < 1.29 is 22.7 Å². The summed E-state index contributed by atoms with van der Waals surface area (Å²) in [5.74, 6) is 0.782. The van der Waals surface area contributed by atoms with Gasteiger partial charge in [0, 0.05) is 18.3 Å². The standard InChI is InChI=1S/C20H22N2O5S/c1-14(20(23)21-10-9-15-5-3-4-6-17(15)21)22(28(2,24)25)16-7-8-18-19(13-16)27-12-11-26-18/h3-8,13-14H,9-12H2,1-2H3/t14-/m1/s1. The van der Waals surface area contributed by atoms with Crippen LogP contribution >= 0.6 is 0 Å². The summed E-state index contributed by atoms with van der Waals surface area (Å²) in [6.45, 7) is 3.00. The lowest BCUT2D eigenvalue weighted by Gasteiger charge is -2.32. The van der Waals surface area contributed by atoms with Gasteiger partial charge >= 0.3 is 0 Å². The van der Waals surface area contributed by atoms with Crippen LogP contribution in [0.2, 0.25) is 0 Å². The normalized spacial score (nSPS) is 16.4. The fourth-order valence-electron chi connectivity index (χ4n) is 3.76. The molecule has 0 fully saturated rings. The quantitative estimate of drug-likeness (QED) is 0.784. The Morgan fingerprint density at radius 2 is 1.82 bits per heavy atom. The fourth-order valence-corrected chi connectivity index (χ4v) is 4.93. The van der Waals surface area contributed by atoms with Crippen molar-refractivity contribution in [1.82, 2.24) is 0 Å². The molecule has 2 aliphatic heterocycles. The summed E-state index contributed by atoms with van der Waals surface area (Å²) in [7, 11) is -3.71. The van der Waals surface area contributed by atoms with E-state index in [0.717, 1.165) is 28.2 Å². The molecule has 28 heavy (non-hydrogen) atoms. The molecule has 0 radical (unpaired) electrons. The van der Waals surface area contributed by atoms with Gasteiger partial charge in [0.2, 0.25) is 10.0 Å². The molecule has 0 saturated carbocycles. The number of carbonyl (C=O) groups is 1. The van der Waals surface area contributed by atoms with Gasteiger partial charge in [0.05, 0.1) is 11.9 Å². The fraction of sp³-hybridized carbons (Fsp3) is 0.350. The number of sulfonamides is 1. The highest BCUT2D eigenvalue weighted by atomic mass is 32.2. The third kappa shape index (κ3) is 3.28. The minimum Gasteiger partial charge on any atom is -0.486 e. The zero-order valence-electron chi connectivity index (χ0n) is 15.8. The number of nitrogens with zero attached hydrogens (tertiary/aromatic N) is 2. The first kappa shape index (κ1) is 18.6. The maximum absolute atomic E-state index is 13.2. The Hall–Kier alpha value is -2.74. The second kappa shape index (κ2) is 7.01. The highest BCUT2D eigenvalue weighted by Crippen LogP contribution is 2.36. The molecule has 1 amide bonds. The molecule has 0 saturated heterocycles. The zero-order chi connectivity index (χ0) is 19.9. The molecule has 0 aromatic heterocycles. The predicted molar refractivity (Wildman–Crippen MR) is 107 cm³/mol. The Kier molecular flexibility index (Phi) is 4.66. The molecule has 7 nitrogen and oxygen atoms in total. The Balaban J connectivity index is 1.68. The van der Waals surface area contributed by atoms with Crippen LogP contribution in [0.25, 0.3) is 0 Å². The molecule has 0 N–H and O–H groups in total. The van der Waals surface area contributed by atoms with Crippen molar-refractivity contribution in [2.45, 2.75) is 19.4 Å². The van der Waals surface area contributed by atoms with E-state index in [9.17, 15) is 13.2 Å². The van der Waals surface area contributed by atoms with E-state index >= 15 is 0 Å². The van der Waals surface area contributed by atoms with E-state index in [4.69, 9.17) is 9.47 Å². The Morgan fingerprint density at radius 1 is 1.11 bits per heavy atom. The third-order valence-electron chi connectivity index (χ3n) is 5.00. The Bertz CT molecular complexity index is 1020. The van der Waals surface area contributed by atoms with Crippen LogP contribution in [-0.4, -0.2) is 46.4 Å². The average molecular weight is 402 g/mol. The van der Waals surface area contributed by atoms with Crippen molar-refractivity contribution in [3.63, 3.8) is 0 Å². The molecule has 0 unspecified atom stereocenters. The minimum atomic E-state index is -3.71. The maximum atomic E-state index is 13.2. The summed E-state index contributed by atoms with van der Waals surface area (Å²) in [5.41, 5.74) is 2.31.